The Morgan fingerprint density at radius 1 is 1.22 bits per heavy atom. The third-order valence-corrected chi connectivity index (χ3v) is 6.11. The van der Waals surface area contributed by atoms with Crippen molar-refractivity contribution in [1.82, 2.24) is 10.3 Å². The van der Waals surface area contributed by atoms with E-state index in [-0.39, 0.29) is 18.8 Å². The van der Waals surface area contributed by atoms with Crippen LogP contribution >= 0.6 is 11.3 Å². The van der Waals surface area contributed by atoms with E-state index in [4.69, 9.17) is 14.2 Å². The molecule has 0 bridgehead atoms. The third-order valence-electron chi connectivity index (χ3n) is 5.22. The lowest BCUT2D eigenvalue weighted by Crippen LogP contribution is -2.18. The number of nitrogens with one attached hydrogen (secondary N) is 1. The number of aliphatic hydroxyl groups excluding tert-OH is 1. The van der Waals surface area contributed by atoms with Gasteiger partial charge in [0, 0.05) is 36.0 Å². The first-order chi connectivity index (χ1) is 15.6. The van der Waals surface area contributed by atoms with Crippen molar-refractivity contribution in [2.24, 2.45) is 0 Å². The second kappa shape index (κ2) is 10.2. The van der Waals surface area contributed by atoms with Crippen LogP contribution in [-0.4, -0.2) is 29.9 Å². The summed E-state index contributed by atoms with van der Waals surface area (Å²) in [5.41, 5.74) is 3.84. The Balaban J connectivity index is 1.61. The molecule has 0 radical (unpaired) electrons. The molecule has 1 aromatic heterocycles. The monoisotopic (exact) mass is 452 g/mol. The first-order valence-electron chi connectivity index (χ1n) is 10.6. The Kier molecular flexibility index (Phi) is 7.09. The van der Waals surface area contributed by atoms with Gasteiger partial charge in [-0.1, -0.05) is 18.2 Å². The van der Waals surface area contributed by atoms with Gasteiger partial charge in [0.25, 0.3) is 0 Å². The molecule has 0 spiro atoms. The lowest BCUT2D eigenvalue weighted by Gasteiger charge is -2.18. The Labute approximate surface area is 192 Å². The summed E-state index contributed by atoms with van der Waals surface area (Å²) >= 11 is 1.66. The number of benzene rings is 2. The van der Waals surface area contributed by atoms with Crippen LogP contribution in [0, 0.1) is 6.92 Å². The lowest BCUT2D eigenvalue weighted by atomic mass is 10.1. The summed E-state index contributed by atoms with van der Waals surface area (Å²) < 4.78 is 17.5. The van der Waals surface area contributed by atoms with Crippen molar-refractivity contribution >= 4 is 17.0 Å². The number of rotatable bonds is 9. The molecular weight excluding hydrogens is 424 g/mol. The molecule has 6 nitrogen and oxygen atoms in total. The zero-order valence-electron chi connectivity index (χ0n) is 18.5. The molecule has 7 heteroatoms. The van der Waals surface area contributed by atoms with Crippen LogP contribution < -0.4 is 14.8 Å². The van der Waals surface area contributed by atoms with Crippen LogP contribution in [0.4, 0.5) is 0 Å². The number of ether oxygens (including phenoxy) is 3. The Morgan fingerprint density at radius 2 is 2.06 bits per heavy atom. The van der Waals surface area contributed by atoms with Crippen LogP contribution in [0.1, 0.15) is 41.1 Å². The fourth-order valence-electron chi connectivity index (χ4n) is 3.72. The highest BCUT2D eigenvalue weighted by Crippen LogP contribution is 2.36. The van der Waals surface area contributed by atoms with E-state index >= 15 is 0 Å². The number of thiazole rings is 1. The van der Waals surface area contributed by atoms with Crippen molar-refractivity contribution in [2.75, 3.05) is 13.7 Å². The second-order valence-corrected chi connectivity index (χ2v) is 8.78. The lowest BCUT2D eigenvalue weighted by molar-refractivity contribution is 0.0919. The summed E-state index contributed by atoms with van der Waals surface area (Å²) in [4.78, 5) is 4.44. The summed E-state index contributed by atoms with van der Waals surface area (Å²) in [6.45, 7) is 4.44. The smallest absolute Gasteiger partial charge is 0.131 e. The van der Waals surface area contributed by atoms with Crippen LogP contribution in [0.25, 0.3) is 5.70 Å². The number of aliphatic hydroxyl groups is 1. The number of nitrogens with zero attached hydrogens (tertiary/aromatic N) is 1. The van der Waals surface area contributed by atoms with E-state index in [9.17, 15) is 5.11 Å². The average Bonchev–Trinajstić information content (AvgIpc) is 3.47. The van der Waals surface area contributed by atoms with Crippen molar-refractivity contribution < 1.29 is 19.3 Å². The highest BCUT2D eigenvalue weighted by atomic mass is 32.1. The predicted molar refractivity (Wildman–Crippen MR) is 126 cm³/mol. The first-order valence-corrected chi connectivity index (χ1v) is 11.5. The van der Waals surface area contributed by atoms with E-state index in [1.54, 1.807) is 18.4 Å². The maximum atomic E-state index is 9.37. The SMILES string of the molecule is COC[C@H](C)Oc1cc(Oc2ccc(CO)cc2C)cc(C2=CCC(c3nccs3)N2)c1. The van der Waals surface area contributed by atoms with E-state index in [1.807, 2.05) is 61.8 Å². The fraction of sp³-hybridized carbons (Fsp3) is 0.320. The van der Waals surface area contributed by atoms with Crippen molar-refractivity contribution in [1.29, 1.82) is 0 Å². The minimum Gasteiger partial charge on any atom is -0.488 e. The molecule has 1 aliphatic rings. The van der Waals surface area contributed by atoms with Gasteiger partial charge in [0.1, 0.15) is 28.4 Å². The van der Waals surface area contributed by atoms with E-state index in [1.165, 1.54) is 0 Å². The van der Waals surface area contributed by atoms with Crippen molar-refractivity contribution in [3.8, 4) is 17.2 Å². The van der Waals surface area contributed by atoms with Crippen LogP contribution in [0.2, 0.25) is 0 Å². The standard InChI is InChI=1S/C25H28N2O4S/c1-16-10-18(14-28)4-7-24(16)31-21-12-19(11-20(13-21)30-17(2)15-29-3)22-5-6-23(27-22)25-26-8-9-32-25/h4-5,7-13,17,23,27-28H,6,14-15H2,1-3H3/t17-,23?/m0/s1. The number of aromatic nitrogens is 1. The predicted octanol–water partition coefficient (Wildman–Crippen LogP) is 5.23. The highest BCUT2D eigenvalue weighted by molar-refractivity contribution is 7.09. The molecule has 1 unspecified atom stereocenters. The molecular formula is C25H28N2O4S. The molecule has 2 atom stereocenters. The molecule has 3 aromatic rings. The van der Waals surface area contributed by atoms with Crippen LogP contribution in [0.5, 0.6) is 17.2 Å². The molecule has 2 N–H and O–H groups in total. The van der Waals surface area contributed by atoms with Crippen molar-refractivity contribution in [3.63, 3.8) is 0 Å². The van der Waals surface area contributed by atoms with E-state index in [0.717, 1.165) is 39.6 Å². The minimum atomic E-state index is -0.0951. The molecule has 0 aliphatic carbocycles. The van der Waals surface area contributed by atoms with Gasteiger partial charge in [0.05, 0.1) is 19.3 Å². The first kappa shape index (κ1) is 22.3. The third kappa shape index (κ3) is 5.30. The number of aryl methyl sites for hydroxylation is 1. The van der Waals surface area contributed by atoms with Crippen LogP contribution in [0.15, 0.2) is 54.1 Å². The normalized spacial score (nSPS) is 16.4. The summed E-state index contributed by atoms with van der Waals surface area (Å²) in [5.74, 6) is 2.14. The molecule has 0 saturated heterocycles. The molecule has 32 heavy (non-hydrogen) atoms. The van der Waals surface area contributed by atoms with Gasteiger partial charge in [-0.2, -0.15) is 0 Å². The van der Waals surface area contributed by atoms with E-state index in [2.05, 4.69) is 16.4 Å². The Morgan fingerprint density at radius 3 is 2.78 bits per heavy atom. The molecule has 4 rings (SSSR count). The van der Waals surface area contributed by atoms with Crippen LogP contribution in [0.3, 0.4) is 0 Å². The van der Waals surface area contributed by atoms with Gasteiger partial charge >= 0.3 is 0 Å². The van der Waals surface area contributed by atoms with E-state index < -0.39 is 0 Å². The maximum absolute atomic E-state index is 9.37. The fourth-order valence-corrected chi connectivity index (χ4v) is 4.42. The van der Waals surface area contributed by atoms with Gasteiger partial charge in [-0.05, 0) is 49.6 Å². The van der Waals surface area contributed by atoms with Gasteiger partial charge in [-0.15, -0.1) is 11.3 Å². The maximum Gasteiger partial charge on any atom is 0.131 e. The highest BCUT2D eigenvalue weighted by Gasteiger charge is 2.22. The number of hydrogen-bond acceptors (Lipinski definition) is 7. The minimum absolute atomic E-state index is 0.00602. The summed E-state index contributed by atoms with van der Waals surface area (Å²) in [6.07, 6.45) is 4.81. The second-order valence-electron chi connectivity index (χ2n) is 7.86. The molecule has 0 amide bonds. The molecule has 2 heterocycles. The molecule has 1 aliphatic heterocycles. The van der Waals surface area contributed by atoms with Gasteiger partial charge in [0.2, 0.25) is 0 Å². The molecule has 0 fully saturated rings. The Hall–Kier alpha value is -2.87. The average molecular weight is 453 g/mol. The zero-order valence-corrected chi connectivity index (χ0v) is 19.3. The van der Waals surface area contributed by atoms with Crippen molar-refractivity contribution in [3.05, 3.63) is 75.7 Å². The Bertz CT molecular complexity index is 1080. The van der Waals surface area contributed by atoms with Gasteiger partial charge in [0.15, 0.2) is 0 Å². The summed E-state index contributed by atoms with van der Waals surface area (Å²) in [6, 6.07) is 11.8. The van der Waals surface area contributed by atoms with Gasteiger partial charge in [-0.3, -0.25) is 0 Å². The topological polar surface area (TPSA) is 72.8 Å². The van der Waals surface area contributed by atoms with E-state index in [0.29, 0.717) is 18.1 Å². The molecule has 2 aromatic carbocycles. The number of methoxy groups -OCH3 is 1. The quantitative estimate of drug-likeness (QED) is 0.463. The van der Waals surface area contributed by atoms with Gasteiger partial charge < -0.3 is 24.6 Å². The largest absolute Gasteiger partial charge is 0.488 e. The van der Waals surface area contributed by atoms with Crippen LogP contribution in [-0.2, 0) is 11.3 Å². The van der Waals surface area contributed by atoms with Gasteiger partial charge in [-0.25, -0.2) is 4.98 Å². The summed E-state index contributed by atoms with van der Waals surface area (Å²) in [5, 5.41) is 16.0. The zero-order chi connectivity index (χ0) is 22.5. The molecule has 0 saturated carbocycles. The van der Waals surface area contributed by atoms with Crippen molar-refractivity contribution in [2.45, 2.75) is 39.0 Å². The number of hydrogen-bond donors (Lipinski definition) is 2. The molecule has 168 valence electrons. The summed E-state index contributed by atoms with van der Waals surface area (Å²) in [7, 11) is 1.66.